The lowest BCUT2D eigenvalue weighted by Gasteiger charge is -2.05. The second-order valence-corrected chi connectivity index (χ2v) is 3.83. The summed E-state index contributed by atoms with van der Waals surface area (Å²) in [6.07, 6.45) is 2.58. The van der Waals surface area contributed by atoms with Gasteiger partial charge in [-0.2, -0.15) is 0 Å². The molecule has 0 aliphatic carbocycles. The van der Waals surface area contributed by atoms with Crippen LogP contribution in [0, 0.1) is 0 Å². The molecule has 1 aromatic heterocycles. The first-order chi connectivity index (χ1) is 8.63. The van der Waals surface area contributed by atoms with Gasteiger partial charge in [-0.05, 0) is 18.6 Å². The average molecular weight is 287 g/mol. The number of nitrogen functional groups attached to an aromatic ring is 1. The summed E-state index contributed by atoms with van der Waals surface area (Å²) in [6.45, 7) is 2.93. The molecule has 1 aromatic rings. The van der Waals surface area contributed by atoms with Crippen LogP contribution in [0.15, 0.2) is 18.3 Å². The van der Waals surface area contributed by atoms with Crippen LogP contribution in [0.3, 0.4) is 0 Å². The van der Waals surface area contributed by atoms with Crippen molar-refractivity contribution in [3.8, 4) is 0 Å². The van der Waals surface area contributed by atoms with Crippen molar-refractivity contribution in [3.05, 3.63) is 24.0 Å². The van der Waals surface area contributed by atoms with Gasteiger partial charge in [-0.3, -0.25) is 9.59 Å². The third-order valence-corrected chi connectivity index (χ3v) is 2.23. The van der Waals surface area contributed by atoms with Gasteiger partial charge in [-0.15, -0.1) is 12.4 Å². The van der Waals surface area contributed by atoms with Gasteiger partial charge in [-0.1, -0.05) is 6.92 Å². The number of nitrogens with one attached hydrogen (secondary N) is 2. The van der Waals surface area contributed by atoms with Crippen LogP contribution in [0.1, 0.15) is 30.3 Å². The highest BCUT2D eigenvalue weighted by Gasteiger charge is 2.07. The number of hydrogen-bond acceptors (Lipinski definition) is 4. The summed E-state index contributed by atoms with van der Waals surface area (Å²) in [5.74, 6) is -0.374. The van der Waals surface area contributed by atoms with Crippen LogP contribution in [-0.4, -0.2) is 29.9 Å². The Labute approximate surface area is 118 Å². The SMILES string of the molecule is CCCNC(=O)CCNC(=O)c1ccc(N)cn1.Cl. The maximum atomic E-state index is 11.6. The van der Waals surface area contributed by atoms with E-state index in [0.717, 1.165) is 6.42 Å². The van der Waals surface area contributed by atoms with Crippen LogP contribution < -0.4 is 16.4 Å². The lowest BCUT2D eigenvalue weighted by atomic mass is 10.3. The van der Waals surface area contributed by atoms with Crippen LogP contribution in [0.2, 0.25) is 0 Å². The number of anilines is 1. The predicted molar refractivity (Wildman–Crippen MR) is 76.1 cm³/mol. The molecule has 0 unspecified atom stereocenters. The number of aromatic nitrogens is 1. The number of rotatable bonds is 6. The summed E-state index contributed by atoms with van der Waals surface area (Å²) in [4.78, 5) is 26.8. The highest BCUT2D eigenvalue weighted by Crippen LogP contribution is 2.00. The molecule has 0 saturated heterocycles. The van der Waals surface area contributed by atoms with E-state index in [1.807, 2.05) is 6.92 Å². The summed E-state index contributed by atoms with van der Waals surface area (Å²) in [7, 11) is 0. The molecule has 7 heteroatoms. The van der Waals surface area contributed by atoms with Crippen LogP contribution in [0.25, 0.3) is 0 Å². The van der Waals surface area contributed by atoms with Crippen molar-refractivity contribution in [2.24, 2.45) is 0 Å². The van der Waals surface area contributed by atoms with Crippen molar-refractivity contribution < 1.29 is 9.59 Å². The molecule has 1 heterocycles. The van der Waals surface area contributed by atoms with Crippen molar-refractivity contribution in [2.45, 2.75) is 19.8 Å². The first kappa shape index (κ1) is 17.2. The van der Waals surface area contributed by atoms with E-state index in [9.17, 15) is 9.59 Å². The van der Waals surface area contributed by atoms with Gasteiger partial charge in [0.05, 0.1) is 11.9 Å². The van der Waals surface area contributed by atoms with Crippen LogP contribution in [0.5, 0.6) is 0 Å². The Bertz CT molecular complexity index is 409. The van der Waals surface area contributed by atoms with E-state index in [-0.39, 0.29) is 36.3 Å². The smallest absolute Gasteiger partial charge is 0.269 e. The molecule has 0 radical (unpaired) electrons. The molecule has 2 amide bonds. The fourth-order valence-electron chi connectivity index (χ4n) is 1.27. The van der Waals surface area contributed by atoms with E-state index in [2.05, 4.69) is 15.6 Å². The normalized spacial score (nSPS) is 9.32. The maximum absolute atomic E-state index is 11.6. The van der Waals surface area contributed by atoms with Crippen molar-refractivity contribution in [2.75, 3.05) is 18.8 Å². The van der Waals surface area contributed by atoms with Crippen molar-refractivity contribution >= 4 is 29.9 Å². The molecule has 4 N–H and O–H groups in total. The molecule has 106 valence electrons. The number of carbonyl (C=O) groups is 2. The molecule has 19 heavy (non-hydrogen) atoms. The zero-order chi connectivity index (χ0) is 13.4. The second kappa shape index (κ2) is 9.16. The third kappa shape index (κ3) is 6.61. The molecule has 0 aliphatic heterocycles. The van der Waals surface area contributed by atoms with Gasteiger partial charge < -0.3 is 16.4 Å². The minimum Gasteiger partial charge on any atom is -0.397 e. The minimum absolute atomic E-state index is 0. The molecule has 0 bridgehead atoms. The molecule has 1 rings (SSSR count). The predicted octanol–water partition coefficient (Wildman–Crippen LogP) is 0.732. The van der Waals surface area contributed by atoms with Crippen molar-refractivity contribution in [1.82, 2.24) is 15.6 Å². The van der Waals surface area contributed by atoms with E-state index >= 15 is 0 Å². The summed E-state index contributed by atoms with van der Waals surface area (Å²) >= 11 is 0. The zero-order valence-corrected chi connectivity index (χ0v) is 11.6. The van der Waals surface area contributed by atoms with E-state index < -0.39 is 0 Å². The first-order valence-electron chi connectivity index (χ1n) is 5.90. The maximum Gasteiger partial charge on any atom is 0.269 e. The first-order valence-corrected chi connectivity index (χ1v) is 5.90. The number of nitrogens with zero attached hydrogens (tertiary/aromatic N) is 1. The summed E-state index contributed by atoms with van der Waals surface area (Å²) in [5, 5.41) is 5.35. The lowest BCUT2D eigenvalue weighted by Crippen LogP contribution is -2.31. The molecule has 6 nitrogen and oxygen atoms in total. The fraction of sp³-hybridized carbons (Fsp3) is 0.417. The Morgan fingerprint density at radius 1 is 1.26 bits per heavy atom. The fourth-order valence-corrected chi connectivity index (χ4v) is 1.27. The summed E-state index contributed by atoms with van der Waals surface area (Å²) < 4.78 is 0. The van der Waals surface area contributed by atoms with Gasteiger partial charge in [0.1, 0.15) is 5.69 Å². The average Bonchev–Trinajstić information content (AvgIpc) is 2.37. The molecule has 0 aliphatic rings. The largest absolute Gasteiger partial charge is 0.397 e. The molecule has 0 fully saturated rings. The van der Waals surface area contributed by atoms with Crippen LogP contribution in [-0.2, 0) is 4.79 Å². The van der Waals surface area contributed by atoms with Gasteiger partial charge in [-0.25, -0.2) is 4.98 Å². The van der Waals surface area contributed by atoms with Gasteiger partial charge in [0.25, 0.3) is 5.91 Å². The van der Waals surface area contributed by atoms with Gasteiger partial charge >= 0.3 is 0 Å². The zero-order valence-electron chi connectivity index (χ0n) is 10.8. The number of amides is 2. The highest BCUT2D eigenvalue weighted by molar-refractivity contribution is 5.92. The second-order valence-electron chi connectivity index (χ2n) is 3.83. The lowest BCUT2D eigenvalue weighted by molar-refractivity contribution is -0.120. The number of carbonyl (C=O) groups excluding carboxylic acids is 2. The van der Waals surface area contributed by atoms with Crippen molar-refractivity contribution in [1.29, 1.82) is 0 Å². The molecular formula is C12H19ClN4O2. The van der Waals surface area contributed by atoms with E-state index in [1.54, 1.807) is 12.1 Å². The van der Waals surface area contributed by atoms with Gasteiger partial charge in [0.15, 0.2) is 0 Å². The number of halogens is 1. The Kier molecular flexibility index (Phi) is 8.28. The molecule has 0 spiro atoms. The number of hydrogen-bond donors (Lipinski definition) is 3. The number of pyridine rings is 1. The summed E-state index contributed by atoms with van der Waals surface area (Å²) in [5.41, 5.74) is 6.26. The summed E-state index contributed by atoms with van der Waals surface area (Å²) in [6, 6.07) is 3.15. The Morgan fingerprint density at radius 3 is 2.58 bits per heavy atom. The highest BCUT2D eigenvalue weighted by atomic mass is 35.5. The monoisotopic (exact) mass is 286 g/mol. The van der Waals surface area contributed by atoms with Crippen molar-refractivity contribution in [3.63, 3.8) is 0 Å². The Morgan fingerprint density at radius 2 is 2.00 bits per heavy atom. The topological polar surface area (TPSA) is 97.1 Å². The van der Waals surface area contributed by atoms with Gasteiger partial charge in [0.2, 0.25) is 5.91 Å². The van der Waals surface area contributed by atoms with Crippen LogP contribution >= 0.6 is 12.4 Å². The number of nitrogens with two attached hydrogens (primary N) is 1. The molecule has 0 atom stereocenters. The van der Waals surface area contributed by atoms with E-state index in [4.69, 9.17) is 5.73 Å². The standard InChI is InChI=1S/C12H18N4O2.ClH/c1-2-6-14-11(17)5-7-15-12(18)10-4-3-9(13)8-16-10;/h3-4,8H,2,5-7,13H2,1H3,(H,14,17)(H,15,18);1H. The molecular weight excluding hydrogens is 268 g/mol. The van der Waals surface area contributed by atoms with Crippen LogP contribution in [0.4, 0.5) is 5.69 Å². The van der Waals surface area contributed by atoms with E-state index in [1.165, 1.54) is 6.20 Å². The minimum atomic E-state index is -0.307. The quantitative estimate of drug-likeness (QED) is 0.718. The molecule has 0 aromatic carbocycles. The third-order valence-electron chi connectivity index (χ3n) is 2.23. The van der Waals surface area contributed by atoms with Gasteiger partial charge in [0, 0.05) is 19.5 Å². The molecule has 0 saturated carbocycles. The van der Waals surface area contributed by atoms with E-state index in [0.29, 0.717) is 18.8 Å². The Balaban J connectivity index is 0.00000324. The Hall–Kier alpha value is -1.82.